The maximum Gasteiger partial charge on any atom is 0.280 e. The van der Waals surface area contributed by atoms with Gasteiger partial charge in [0.05, 0.1) is 11.8 Å². The van der Waals surface area contributed by atoms with Crippen LogP contribution in [-0.2, 0) is 6.54 Å². The van der Waals surface area contributed by atoms with Crippen molar-refractivity contribution < 1.29 is 13.6 Å². The van der Waals surface area contributed by atoms with Crippen molar-refractivity contribution in [1.29, 1.82) is 0 Å². The Morgan fingerprint density at radius 2 is 2.38 bits per heavy atom. The van der Waals surface area contributed by atoms with Crippen LogP contribution in [0.2, 0.25) is 0 Å². The minimum Gasteiger partial charge on any atom is -0.365 e. The lowest BCUT2D eigenvalue weighted by molar-refractivity contribution is 0.0981. The van der Waals surface area contributed by atoms with Crippen molar-refractivity contribution in [2.24, 2.45) is 5.73 Å². The van der Waals surface area contributed by atoms with Crippen molar-refractivity contribution in [3.63, 3.8) is 0 Å². The molecule has 1 aromatic rings. The highest BCUT2D eigenvalue weighted by Crippen LogP contribution is 2.22. The lowest BCUT2D eigenvalue weighted by Crippen LogP contribution is -2.14. The van der Waals surface area contributed by atoms with Gasteiger partial charge in [-0.3, -0.25) is 9.48 Å². The van der Waals surface area contributed by atoms with E-state index in [2.05, 4.69) is 5.10 Å². The molecule has 2 N–H and O–H groups in total. The molecule has 0 aromatic carbocycles. The smallest absolute Gasteiger partial charge is 0.280 e. The molecule has 0 aliphatic carbocycles. The molecule has 0 aliphatic rings. The van der Waals surface area contributed by atoms with E-state index < -0.39 is 18.0 Å². The summed E-state index contributed by atoms with van der Waals surface area (Å²) in [6.07, 6.45) is -1.67. The second-order valence-corrected chi connectivity index (χ2v) is 2.42. The zero-order valence-corrected chi connectivity index (χ0v) is 7.00. The number of primary amides is 1. The fourth-order valence-corrected chi connectivity index (χ4v) is 1.07. The second-order valence-electron chi connectivity index (χ2n) is 2.42. The molecule has 0 saturated heterocycles. The summed E-state index contributed by atoms with van der Waals surface area (Å²) in [4.78, 5) is 10.7. The molecule has 1 amide bonds. The molecule has 72 valence electrons. The van der Waals surface area contributed by atoms with Gasteiger partial charge in [-0.1, -0.05) is 0 Å². The molecule has 4 nitrogen and oxygen atoms in total. The summed E-state index contributed by atoms with van der Waals surface area (Å²) >= 11 is 0. The van der Waals surface area contributed by atoms with Gasteiger partial charge in [0.1, 0.15) is 5.69 Å². The zero-order chi connectivity index (χ0) is 10.0. The van der Waals surface area contributed by atoms with Gasteiger partial charge in [-0.15, -0.1) is 0 Å². The number of nitrogens with zero attached hydrogens (tertiary/aromatic N) is 2. The summed E-state index contributed by atoms with van der Waals surface area (Å²) in [5.41, 5.74) is 4.28. The average molecular weight is 189 g/mol. The predicted molar refractivity (Wildman–Crippen MR) is 41.4 cm³/mol. The summed E-state index contributed by atoms with van der Waals surface area (Å²) in [6.45, 7) is 1.94. The van der Waals surface area contributed by atoms with Gasteiger partial charge in [0.25, 0.3) is 12.3 Å². The molecule has 0 bridgehead atoms. The minimum atomic E-state index is -2.73. The monoisotopic (exact) mass is 189 g/mol. The number of hydrogen-bond acceptors (Lipinski definition) is 2. The molecule has 0 radical (unpaired) electrons. The highest BCUT2D eigenvalue weighted by molar-refractivity contribution is 5.93. The summed E-state index contributed by atoms with van der Waals surface area (Å²) in [6, 6.07) is 0. The Kier molecular flexibility index (Phi) is 2.60. The molecular weight excluding hydrogens is 180 g/mol. The summed E-state index contributed by atoms with van der Waals surface area (Å²) in [5.74, 6) is -0.880. The van der Waals surface area contributed by atoms with Crippen LogP contribution in [0.25, 0.3) is 0 Å². The first-order chi connectivity index (χ1) is 6.07. The number of hydrogen-bond donors (Lipinski definition) is 1. The van der Waals surface area contributed by atoms with Crippen molar-refractivity contribution in [2.75, 3.05) is 0 Å². The number of halogens is 2. The van der Waals surface area contributed by atoms with Crippen LogP contribution in [0.4, 0.5) is 8.78 Å². The van der Waals surface area contributed by atoms with Crippen LogP contribution < -0.4 is 5.73 Å². The number of nitrogens with two attached hydrogens (primary N) is 1. The van der Waals surface area contributed by atoms with Crippen molar-refractivity contribution >= 4 is 5.91 Å². The average Bonchev–Trinajstić information content (AvgIpc) is 2.46. The lowest BCUT2D eigenvalue weighted by atomic mass is 10.2. The summed E-state index contributed by atoms with van der Waals surface area (Å²) in [5, 5.41) is 3.61. The Morgan fingerprint density at radius 3 is 2.77 bits per heavy atom. The van der Waals surface area contributed by atoms with Crippen LogP contribution in [0.1, 0.15) is 29.4 Å². The Hall–Kier alpha value is -1.46. The highest BCUT2D eigenvalue weighted by atomic mass is 19.3. The zero-order valence-electron chi connectivity index (χ0n) is 7.00. The van der Waals surface area contributed by atoms with E-state index >= 15 is 0 Å². The molecule has 1 rings (SSSR count). The van der Waals surface area contributed by atoms with Crippen molar-refractivity contribution in [1.82, 2.24) is 9.78 Å². The maximum absolute atomic E-state index is 12.4. The summed E-state index contributed by atoms with van der Waals surface area (Å²) in [7, 11) is 0. The van der Waals surface area contributed by atoms with Gasteiger partial charge in [-0.25, -0.2) is 8.78 Å². The molecule has 0 aliphatic heterocycles. The Labute approximate surface area is 73.3 Å². The molecule has 0 saturated carbocycles. The second kappa shape index (κ2) is 3.51. The number of amides is 1. The topological polar surface area (TPSA) is 60.9 Å². The molecule has 13 heavy (non-hydrogen) atoms. The number of aromatic nitrogens is 2. The van der Waals surface area contributed by atoms with Gasteiger partial charge in [-0.05, 0) is 6.92 Å². The maximum atomic E-state index is 12.4. The van der Waals surface area contributed by atoms with E-state index in [9.17, 15) is 13.6 Å². The molecule has 1 heterocycles. The first-order valence-electron chi connectivity index (χ1n) is 3.71. The van der Waals surface area contributed by atoms with Gasteiger partial charge in [-0.2, -0.15) is 5.10 Å². The van der Waals surface area contributed by atoms with Crippen molar-refractivity contribution in [3.05, 3.63) is 17.5 Å². The fourth-order valence-electron chi connectivity index (χ4n) is 1.07. The predicted octanol–water partition coefficient (Wildman–Crippen LogP) is 0.939. The molecule has 0 unspecified atom stereocenters. The van der Waals surface area contributed by atoms with Gasteiger partial charge >= 0.3 is 0 Å². The van der Waals surface area contributed by atoms with Crippen LogP contribution in [0.5, 0.6) is 0 Å². The Morgan fingerprint density at radius 1 is 1.77 bits per heavy atom. The minimum absolute atomic E-state index is 0.211. The van der Waals surface area contributed by atoms with E-state index in [1.165, 1.54) is 0 Å². The van der Waals surface area contributed by atoms with Crippen molar-refractivity contribution in [3.8, 4) is 0 Å². The van der Waals surface area contributed by atoms with Crippen LogP contribution >= 0.6 is 0 Å². The van der Waals surface area contributed by atoms with Crippen LogP contribution in [0.3, 0.4) is 0 Å². The quantitative estimate of drug-likeness (QED) is 0.769. The molecule has 1 aromatic heterocycles. The molecule has 0 spiro atoms. The number of alkyl halides is 2. The SMILES string of the molecule is CCn1ncc(C(N)=O)c1C(F)F. The Balaban J connectivity index is 3.22. The number of carbonyl (C=O) groups is 1. The van der Waals surface area contributed by atoms with Gasteiger partial charge in [0.2, 0.25) is 0 Å². The van der Waals surface area contributed by atoms with Gasteiger partial charge in [0, 0.05) is 6.54 Å². The normalized spacial score (nSPS) is 10.8. The van der Waals surface area contributed by atoms with Gasteiger partial charge < -0.3 is 5.73 Å². The number of aryl methyl sites for hydroxylation is 1. The van der Waals surface area contributed by atoms with E-state index in [1.807, 2.05) is 0 Å². The van der Waals surface area contributed by atoms with Gasteiger partial charge in [0.15, 0.2) is 0 Å². The molecule has 6 heteroatoms. The lowest BCUT2D eigenvalue weighted by Gasteiger charge is -2.04. The summed E-state index contributed by atoms with van der Waals surface area (Å²) < 4.78 is 25.9. The third-order valence-corrected chi connectivity index (χ3v) is 1.65. The van der Waals surface area contributed by atoms with Crippen LogP contribution in [-0.4, -0.2) is 15.7 Å². The highest BCUT2D eigenvalue weighted by Gasteiger charge is 2.21. The molecular formula is C7H9F2N3O. The third kappa shape index (κ3) is 1.66. The largest absolute Gasteiger partial charge is 0.365 e. The van der Waals surface area contributed by atoms with Crippen molar-refractivity contribution in [2.45, 2.75) is 19.9 Å². The molecule has 0 atom stereocenters. The third-order valence-electron chi connectivity index (χ3n) is 1.65. The Bertz CT molecular complexity index is 322. The molecule has 0 fully saturated rings. The van der Waals surface area contributed by atoms with E-state index in [0.29, 0.717) is 0 Å². The number of rotatable bonds is 3. The van der Waals surface area contributed by atoms with E-state index in [4.69, 9.17) is 5.73 Å². The first-order valence-corrected chi connectivity index (χ1v) is 3.71. The van der Waals surface area contributed by atoms with E-state index in [1.54, 1.807) is 6.92 Å². The van der Waals surface area contributed by atoms with Crippen LogP contribution in [0.15, 0.2) is 6.20 Å². The van der Waals surface area contributed by atoms with Crippen LogP contribution in [0, 0.1) is 0 Å². The van der Waals surface area contributed by atoms with E-state index in [-0.39, 0.29) is 12.1 Å². The fraction of sp³-hybridized carbons (Fsp3) is 0.429. The van der Waals surface area contributed by atoms with E-state index in [0.717, 1.165) is 10.9 Å². The first kappa shape index (κ1) is 9.63. The number of carbonyl (C=O) groups excluding carboxylic acids is 1. The standard InChI is InChI=1S/C7H9F2N3O/c1-2-12-5(6(8)9)4(3-11-12)7(10)13/h3,6H,2H2,1H3,(H2,10,13).